The monoisotopic (exact) mass is 384 g/mol. The second kappa shape index (κ2) is 8.04. The number of nitrogens with zero attached hydrogens (tertiary/aromatic N) is 2. The predicted molar refractivity (Wildman–Crippen MR) is 91.0 cm³/mol. The molecule has 0 atom stereocenters. The van der Waals surface area contributed by atoms with E-state index in [1.54, 1.807) is 6.92 Å². The van der Waals surface area contributed by atoms with Gasteiger partial charge in [-0.15, -0.1) is 11.8 Å². The fourth-order valence-electron chi connectivity index (χ4n) is 2.06. The van der Waals surface area contributed by atoms with E-state index >= 15 is 0 Å². The van der Waals surface area contributed by atoms with Gasteiger partial charge in [0.15, 0.2) is 0 Å². The molecule has 1 saturated heterocycles. The minimum atomic E-state index is -0.740. The highest BCUT2D eigenvalue weighted by Crippen LogP contribution is 2.34. The second-order valence-corrected chi connectivity index (χ2v) is 6.81. The van der Waals surface area contributed by atoms with Gasteiger partial charge in [-0.1, -0.05) is 6.58 Å². The van der Waals surface area contributed by atoms with Crippen LogP contribution < -0.4 is 0 Å². The van der Waals surface area contributed by atoms with Crippen molar-refractivity contribution in [2.24, 2.45) is 5.41 Å². The lowest BCUT2D eigenvalue weighted by Gasteiger charge is -2.33. The number of benzene rings is 1. The van der Waals surface area contributed by atoms with Gasteiger partial charge in [0.2, 0.25) is 0 Å². The molecule has 0 radical (unpaired) electrons. The number of hydrogen-bond acceptors (Lipinski definition) is 9. The summed E-state index contributed by atoms with van der Waals surface area (Å²) in [5.41, 5.74) is -1.34. The molecular formula is C15H16N2O8S. The lowest BCUT2D eigenvalue weighted by atomic mass is 9.90. The maximum Gasteiger partial charge on any atom is 0.508 e. The van der Waals surface area contributed by atoms with E-state index in [1.165, 1.54) is 12.1 Å². The van der Waals surface area contributed by atoms with Crippen LogP contribution in [0.3, 0.4) is 0 Å². The SMILES string of the molecule is C=C(OCCSc1ccc([N+](=O)[O-])cc1[N+](=O)[O-])C1(C)COC(=O)OC1. The van der Waals surface area contributed by atoms with Gasteiger partial charge in [-0.2, -0.15) is 0 Å². The summed E-state index contributed by atoms with van der Waals surface area (Å²) >= 11 is 1.14. The fraction of sp³-hybridized carbons (Fsp3) is 0.400. The predicted octanol–water partition coefficient (Wildman–Crippen LogP) is 3.30. The number of hydrogen-bond donors (Lipinski definition) is 0. The molecule has 1 aromatic rings. The minimum absolute atomic E-state index is 0.0889. The summed E-state index contributed by atoms with van der Waals surface area (Å²) in [5.74, 6) is 0.734. The fourth-order valence-corrected chi connectivity index (χ4v) is 2.89. The molecule has 140 valence electrons. The van der Waals surface area contributed by atoms with Crippen LogP contribution in [-0.2, 0) is 14.2 Å². The molecule has 0 aromatic heterocycles. The van der Waals surface area contributed by atoms with Crippen molar-refractivity contribution in [1.82, 2.24) is 0 Å². The Labute approximate surface area is 152 Å². The van der Waals surface area contributed by atoms with Crippen molar-refractivity contribution >= 4 is 29.3 Å². The maximum absolute atomic E-state index is 11.1. The third-order valence-electron chi connectivity index (χ3n) is 3.66. The van der Waals surface area contributed by atoms with Gasteiger partial charge in [0.25, 0.3) is 11.4 Å². The van der Waals surface area contributed by atoms with Crippen molar-refractivity contribution in [3.8, 4) is 0 Å². The number of rotatable bonds is 8. The van der Waals surface area contributed by atoms with E-state index in [2.05, 4.69) is 6.58 Å². The average molecular weight is 384 g/mol. The normalized spacial score (nSPS) is 15.5. The smallest absolute Gasteiger partial charge is 0.497 e. The first kappa shape index (κ1) is 19.5. The van der Waals surface area contributed by atoms with E-state index < -0.39 is 21.4 Å². The molecule has 0 N–H and O–H groups in total. The highest BCUT2D eigenvalue weighted by molar-refractivity contribution is 7.99. The number of carbonyl (C=O) groups excluding carboxylic acids is 1. The second-order valence-electron chi connectivity index (χ2n) is 5.67. The van der Waals surface area contributed by atoms with Gasteiger partial charge in [-0.25, -0.2) is 4.79 Å². The van der Waals surface area contributed by atoms with Crippen LogP contribution in [-0.4, -0.2) is 41.6 Å². The molecule has 1 aromatic carbocycles. The van der Waals surface area contributed by atoms with Crippen molar-refractivity contribution in [2.45, 2.75) is 11.8 Å². The number of ether oxygens (including phenoxy) is 3. The summed E-state index contributed by atoms with van der Waals surface area (Å²) in [6.45, 7) is 5.96. The Morgan fingerprint density at radius 2 is 1.96 bits per heavy atom. The van der Waals surface area contributed by atoms with E-state index in [9.17, 15) is 25.0 Å². The standard InChI is InChI=1S/C15H16N2O8S/c1-10(15(2)8-24-14(18)25-9-15)23-5-6-26-13-4-3-11(16(19)20)7-12(13)17(21)22/h3-4,7H,1,5-6,8-9H2,2H3. The first-order valence-corrected chi connectivity index (χ1v) is 8.39. The number of nitro groups is 2. The third kappa shape index (κ3) is 4.63. The molecule has 0 amide bonds. The Balaban J connectivity index is 1.90. The highest BCUT2D eigenvalue weighted by atomic mass is 32.2. The molecule has 0 aliphatic carbocycles. The van der Waals surface area contributed by atoms with Crippen molar-refractivity contribution in [1.29, 1.82) is 0 Å². The van der Waals surface area contributed by atoms with E-state index in [0.717, 1.165) is 17.8 Å². The molecule has 0 unspecified atom stereocenters. The maximum atomic E-state index is 11.1. The topological polar surface area (TPSA) is 131 Å². The summed E-state index contributed by atoms with van der Waals surface area (Å²) in [4.78, 5) is 31.7. The largest absolute Gasteiger partial charge is 0.508 e. The zero-order chi connectivity index (χ0) is 19.3. The van der Waals surface area contributed by atoms with Gasteiger partial charge in [0.05, 0.1) is 32.8 Å². The van der Waals surface area contributed by atoms with Crippen LogP contribution in [0.25, 0.3) is 0 Å². The molecule has 0 spiro atoms. The average Bonchev–Trinajstić information content (AvgIpc) is 2.60. The zero-order valence-corrected chi connectivity index (χ0v) is 14.7. The molecule has 2 rings (SSSR count). The molecule has 0 bridgehead atoms. The van der Waals surface area contributed by atoms with Crippen molar-refractivity contribution in [3.63, 3.8) is 0 Å². The summed E-state index contributed by atoms with van der Waals surface area (Å²) in [5, 5.41) is 21.8. The Kier molecular flexibility index (Phi) is 6.03. The summed E-state index contributed by atoms with van der Waals surface area (Å²) in [7, 11) is 0. The molecule has 1 heterocycles. The minimum Gasteiger partial charge on any atom is -0.497 e. The van der Waals surface area contributed by atoms with Gasteiger partial charge >= 0.3 is 6.16 Å². The van der Waals surface area contributed by atoms with Crippen LogP contribution in [0.4, 0.5) is 16.2 Å². The summed E-state index contributed by atoms with van der Waals surface area (Å²) < 4.78 is 15.2. The van der Waals surface area contributed by atoms with Crippen molar-refractivity contribution < 1.29 is 28.9 Å². The Bertz CT molecular complexity index is 741. The Hall–Kier alpha value is -2.82. The zero-order valence-electron chi connectivity index (χ0n) is 13.8. The summed E-state index contributed by atoms with van der Waals surface area (Å²) in [6.07, 6.45) is -0.740. The Morgan fingerprint density at radius 3 is 2.54 bits per heavy atom. The number of carbonyl (C=O) groups is 1. The van der Waals surface area contributed by atoms with Crippen molar-refractivity contribution in [3.05, 3.63) is 50.8 Å². The molecule has 0 saturated carbocycles. The number of nitro benzene ring substituents is 2. The number of thioether (sulfide) groups is 1. The lowest BCUT2D eigenvalue weighted by molar-refractivity contribution is -0.396. The van der Waals surface area contributed by atoms with Crippen LogP contribution in [0, 0.1) is 25.6 Å². The van der Waals surface area contributed by atoms with Crippen LogP contribution in [0.2, 0.25) is 0 Å². The van der Waals surface area contributed by atoms with Gasteiger partial charge < -0.3 is 14.2 Å². The van der Waals surface area contributed by atoms with Gasteiger partial charge in [-0.3, -0.25) is 20.2 Å². The van der Waals surface area contributed by atoms with E-state index in [0.29, 0.717) is 16.4 Å². The van der Waals surface area contributed by atoms with E-state index in [4.69, 9.17) is 14.2 Å². The first-order chi connectivity index (χ1) is 12.2. The van der Waals surface area contributed by atoms with Crippen LogP contribution in [0.5, 0.6) is 0 Å². The molecular weight excluding hydrogens is 368 g/mol. The summed E-state index contributed by atoms with van der Waals surface area (Å²) in [6, 6.07) is 3.48. The van der Waals surface area contributed by atoms with E-state index in [1.807, 2.05) is 0 Å². The molecule has 1 aliphatic heterocycles. The van der Waals surface area contributed by atoms with E-state index in [-0.39, 0.29) is 31.2 Å². The van der Waals surface area contributed by atoms with Crippen molar-refractivity contribution in [2.75, 3.05) is 25.6 Å². The molecule has 11 heteroatoms. The first-order valence-electron chi connectivity index (χ1n) is 7.40. The Morgan fingerprint density at radius 1 is 1.31 bits per heavy atom. The molecule has 1 fully saturated rings. The van der Waals surface area contributed by atoms with Gasteiger partial charge in [0.1, 0.15) is 19.0 Å². The van der Waals surface area contributed by atoms with Crippen LogP contribution >= 0.6 is 11.8 Å². The molecule has 1 aliphatic rings. The molecule has 26 heavy (non-hydrogen) atoms. The number of cyclic esters (lactones) is 2. The third-order valence-corrected chi connectivity index (χ3v) is 4.68. The van der Waals surface area contributed by atoms with Gasteiger partial charge in [-0.05, 0) is 13.0 Å². The van der Waals surface area contributed by atoms with Gasteiger partial charge in [0, 0.05) is 11.8 Å². The quantitative estimate of drug-likeness (QED) is 0.165. The number of non-ortho nitro benzene ring substituents is 1. The van der Waals surface area contributed by atoms with Crippen LogP contribution in [0.15, 0.2) is 35.4 Å². The lowest BCUT2D eigenvalue weighted by Crippen LogP contribution is -2.39. The molecule has 10 nitrogen and oxygen atoms in total. The van der Waals surface area contributed by atoms with Crippen LogP contribution in [0.1, 0.15) is 6.92 Å². The highest BCUT2D eigenvalue weighted by Gasteiger charge is 2.37.